The van der Waals surface area contributed by atoms with Gasteiger partial charge in [-0.3, -0.25) is 9.59 Å². The number of rotatable bonds is 6. The number of hydrogen-bond acceptors (Lipinski definition) is 4. The molecule has 29 heavy (non-hydrogen) atoms. The molecule has 0 radical (unpaired) electrons. The summed E-state index contributed by atoms with van der Waals surface area (Å²) in [5, 5.41) is 5.83. The predicted molar refractivity (Wildman–Crippen MR) is 111 cm³/mol. The summed E-state index contributed by atoms with van der Waals surface area (Å²) in [6, 6.07) is 21.6. The first-order valence-electron chi connectivity index (χ1n) is 8.71. The minimum absolute atomic E-state index is 0.149. The van der Waals surface area contributed by atoms with Gasteiger partial charge in [-0.05, 0) is 48.5 Å². The quantitative estimate of drug-likeness (QED) is 0.592. The molecule has 2 amide bonds. The fourth-order valence-corrected chi connectivity index (χ4v) is 2.62. The predicted octanol–water partition coefficient (Wildman–Crippen LogP) is 4.39. The number of nitrogens with one attached hydrogen (secondary N) is 2. The van der Waals surface area contributed by atoms with Crippen molar-refractivity contribution in [1.82, 2.24) is 0 Å². The van der Waals surface area contributed by atoms with Crippen molar-refractivity contribution in [3.05, 3.63) is 95.0 Å². The van der Waals surface area contributed by atoms with E-state index in [-0.39, 0.29) is 11.5 Å². The van der Waals surface area contributed by atoms with Crippen LogP contribution in [0, 0.1) is 0 Å². The summed E-state index contributed by atoms with van der Waals surface area (Å²) in [5.74, 6) is -1.57. The third-order valence-corrected chi connectivity index (χ3v) is 4.15. The Kier molecular flexibility index (Phi) is 6.60. The van der Waals surface area contributed by atoms with Gasteiger partial charge < -0.3 is 15.4 Å². The summed E-state index contributed by atoms with van der Waals surface area (Å²) in [7, 11) is 0. The summed E-state index contributed by atoms with van der Waals surface area (Å²) in [5.41, 5.74) is 1.43. The van der Waals surface area contributed by atoms with E-state index in [1.54, 1.807) is 72.8 Å². The molecule has 0 aliphatic rings. The van der Waals surface area contributed by atoms with Crippen LogP contribution in [0.3, 0.4) is 0 Å². The van der Waals surface area contributed by atoms with Crippen molar-refractivity contribution in [2.24, 2.45) is 0 Å². The van der Waals surface area contributed by atoms with E-state index in [4.69, 9.17) is 16.3 Å². The standard InChI is InChI=1S/C22H17ClN2O4/c23-16-10-12-17(13-11-16)24-20(26)14-29-22(28)18-8-4-5-9-19(18)25-21(27)15-6-2-1-3-7-15/h1-13H,14H2,(H,24,26)(H,25,27). The van der Waals surface area contributed by atoms with Crippen LogP contribution in [0.2, 0.25) is 5.02 Å². The molecule has 2 N–H and O–H groups in total. The van der Waals surface area contributed by atoms with Crippen molar-refractivity contribution in [3.8, 4) is 0 Å². The maximum absolute atomic E-state index is 12.4. The van der Waals surface area contributed by atoms with Crippen LogP contribution in [0.4, 0.5) is 11.4 Å². The van der Waals surface area contributed by atoms with Crippen molar-refractivity contribution >= 4 is 40.8 Å². The number of esters is 1. The summed E-state index contributed by atoms with van der Waals surface area (Å²) in [6.07, 6.45) is 0. The smallest absolute Gasteiger partial charge is 0.340 e. The van der Waals surface area contributed by atoms with E-state index in [9.17, 15) is 14.4 Å². The Morgan fingerprint density at radius 1 is 0.793 bits per heavy atom. The van der Waals surface area contributed by atoms with Crippen LogP contribution in [-0.4, -0.2) is 24.4 Å². The van der Waals surface area contributed by atoms with Crippen LogP contribution in [-0.2, 0) is 9.53 Å². The second kappa shape index (κ2) is 9.52. The number of para-hydroxylation sites is 1. The number of ether oxygens (including phenoxy) is 1. The van der Waals surface area contributed by atoms with Gasteiger partial charge in [0.2, 0.25) is 0 Å². The van der Waals surface area contributed by atoms with Gasteiger partial charge in [0.1, 0.15) is 0 Å². The lowest BCUT2D eigenvalue weighted by molar-refractivity contribution is -0.119. The van der Waals surface area contributed by atoms with Gasteiger partial charge in [-0.1, -0.05) is 41.9 Å². The van der Waals surface area contributed by atoms with Crippen molar-refractivity contribution in [1.29, 1.82) is 0 Å². The molecule has 0 atom stereocenters. The number of hydrogen-bond donors (Lipinski definition) is 2. The fourth-order valence-electron chi connectivity index (χ4n) is 2.49. The van der Waals surface area contributed by atoms with Gasteiger partial charge in [0.15, 0.2) is 6.61 Å². The number of amides is 2. The van der Waals surface area contributed by atoms with Crippen LogP contribution in [0.5, 0.6) is 0 Å². The third-order valence-electron chi connectivity index (χ3n) is 3.89. The molecule has 3 rings (SSSR count). The highest BCUT2D eigenvalue weighted by atomic mass is 35.5. The first kappa shape index (κ1) is 20.1. The SMILES string of the molecule is O=C(COC(=O)c1ccccc1NC(=O)c1ccccc1)Nc1ccc(Cl)cc1. The van der Waals surface area contributed by atoms with Gasteiger partial charge in [-0.25, -0.2) is 4.79 Å². The molecule has 6 nitrogen and oxygen atoms in total. The largest absolute Gasteiger partial charge is 0.452 e. The second-order valence-corrected chi connectivity index (χ2v) is 6.43. The molecule has 0 unspecified atom stereocenters. The molecule has 7 heteroatoms. The van der Waals surface area contributed by atoms with Gasteiger partial charge in [0, 0.05) is 16.3 Å². The minimum atomic E-state index is -0.722. The molecular formula is C22H17ClN2O4. The second-order valence-electron chi connectivity index (χ2n) is 6.00. The molecule has 146 valence electrons. The zero-order valence-corrected chi connectivity index (χ0v) is 16.0. The highest BCUT2D eigenvalue weighted by Crippen LogP contribution is 2.18. The summed E-state index contributed by atoms with van der Waals surface area (Å²) in [6.45, 7) is -0.470. The minimum Gasteiger partial charge on any atom is -0.452 e. The van der Waals surface area contributed by atoms with Gasteiger partial charge >= 0.3 is 5.97 Å². The van der Waals surface area contributed by atoms with Crippen LogP contribution < -0.4 is 10.6 Å². The zero-order valence-electron chi connectivity index (χ0n) is 15.2. The maximum Gasteiger partial charge on any atom is 0.340 e. The van der Waals surface area contributed by atoms with Gasteiger partial charge in [0.25, 0.3) is 11.8 Å². The topological polar surface area (TPSA) is 84.5 Å². The Hall–Kier alpha value is -3.64. The fraction of sp³-hybridized carbons (Fsp3) is 0.0455. The molecule has 3 aromatic carbocycles. The van der Waals surface area contributed by atoms with E-state index < -0.39 is 18.5 Å². The Morgan fingerprint density at radius 3 is 2.17 bits per heavy atom. The molecule has 0 bridgehead atoms. The highest BCUT2D eigenvalue weighted by Gasteiger charge is 2.16. The Balaban J connectivity index is 1.61. The van der Waals surface area contributed by atoms with Crippen LogP contribution in [0.1, 0.15) is 20.7 Å². The normalized spacial score (nSPS) is 10.1. The van der Waals surface area contributed by atoms with E-state index in [1.165, 1.54) is 6.07 Å². The lowest BCUT2D eigenvalue weighted by Crippen LogP contribution is -2.22. The van der Waals surface area contributed by atoms with Crippen LogP contribution in [0.25, 0.3) is 0 Å². The third kappa shape index (κ3) is 5.67. The van der Waals surface area contributed by atoms with Crippen LogP contribution >= 0.6 is 11.6 Å². The van der Waals surface area contributed by atoms with E-state index in [0.717, 1.165) is 0 Å². The average molecular weight is 409 g/mol. The number of carbonyl (C=O) groups excluding carboxylic acids is 3. The number of benzene rings is 3. The molecule has 0 aliphatic carbocycles. The Labute approximate surface area is 172 Å². The molecule has 0 fully saturated rings. The number of halogens is 1. The average Bonchev–Trinajstić information content (AvgIpc) is 2.74. The molecular weight excluding hydrogens is 392 g/mol. The van der Waals surface area contributed by atoms with E-state index >= 15 is 0 Å². The first-order chi connectivity index (χ1) is 14.0. The molecule has 0 saturated carbocycles. The molecule has 0 aliphatic heterocycles. The van der Waals surface area contributed by atoms with Crippen molar-refractivity contribution in [2.45, 2.75) is 0 Å². The van der Waals surface area contributed by atoms with E-state index in [2.05, 4.69) is 10.6 Å². The molecule has 0 aromatic heterocycles. The first-order valence-corrected chi connectivity index (χ1v) is 9.09. The Bertz CT molecular complexity index is 1020. The van der Waals surface area contributed by atoms with Gasteiger partial charge in [-0.15, -0.1) is 0 Å². The van der Waals surface area contributed by atoms with Gasteiger partial charge in [0.05, 0.1) is 11.3 Å². The Morgan fingerprint density at radius 2 is 1.45 bits per heavy atom. The summed E-state index contributed by atoms with van der Waals surface area (Å²) in [4.78, 5) is 36.7. The number of anilines is 2. The lowest BCUT2D eigenvalue weighted by atomic mass is 10.1. The monoisotopic (exact) mass is 408 g/mol. The highest BCUT2D eigenvalue weighted by molar-refractivity contribution is 6.30. The van der Waals surface area contributed by atoms with Crippen molar-refractivity contribution in [3.63, 3.8) is 0 Å². The van der Waals surface area contributed by atoms with Gasteiger partial charge in [-0.2, -0.15) is 0 Å². The van der Waals surface area contributed by atoms with E-state index in [1.807, 2.05) is 0 Å². The lowest BCUT2D eigenvalue weighted by Gasteiger charge is -2.11. The summed E-state index contributed by atoms with van der Waals surface area (Å²) >= 11 is 5.80. The summed E-state index contributed by atoms with van der Waals surface area (Å²) < 4.78 is 5.09. The molecule has 3 aromatic rings. The van der Waals surface area contributed by atoms with E-state index in [0.29, 0.717) is 22.0 Å². The molecule has 0 spiro atoms. The van der Waals surface area contributed by atoms with Crippen molar-refractivity contribution < 1.29 is 19.1 Å². The zero-order chi connectivity index (χ0) is 20.6. The van der Waals surface area contributed by atoms with Crippen molar-refractivity contribution in [2.75, 3.05) is 17.2 Å². The van der Waals surface area contributed by atoms with Crippen LogP contribution in [0.15, 0.2) is 78.9 Å². The number of carbonyl (C=O) groups is 3. The maximum atomic E-state index is 12.4. The molecule has 0 saturated heterocycles. The molecule has 0 heterocycles.